The standard InChI is InChI=1S/C15H18N4O3/c1-9-3-2-4-19(8-9)15(22)14(21)18-10-5-11-12(16-6-10)7-17-13(11)20/h5-6,9H,2-4,7-8H2,1H3,(H,17,20)(H,18,21). The molecule has 0 aromatic carbocycles. The Morgan fingerprint density at radius 1 is 1.45 bits per heavy atom. The molecule has 3 amide bonds. The van der Waals surface area contributed by atoms with Gasteiger partial charge >= 0.3 is 11.8 Å². The summed E-state index contributed by atoms with van der Waals surface area (Å²) in [4.78, 5) is 41.5. The average Bonchev–Trinajstić information content (AvgIpc) is 2.87. The van der Waals surface area contributed by atoms with E-state index in [1.165, 1.54) is 6.20 Å². The highest BCUT2D eigenvalue weighted by atomic mass is 16.2. The van der Waals surface area contributed by atoms with Gasteiger partial charge in [0.15, 0.2) is 0 Å². The summed E-state index contributed by atoms with van der Waals surface area (Å²) in [6, 6.07) is 1.55. The van der Waals surface area contributed by atoms with E-state index in [4.69, 9.17) is 0 Å². The lowest BCUT2D eigenvalue weighted by Crippen LogP contribution is -2.44. The number of aromatic nitrogens is 1. The van der Waals surface area contributed by atoms with Crippen LogP contribution in [0, 0.1) is 5.92 Å². The van der Waals surface area contributed by atoms with Gasteiger partial charge in [0, 0.05) is 13.1 Å². The van der Waals surface area contributed by atoms with E-state index in [1.54, 1.807) is 11.0 Å². The van der Waals surface area contributed by atoms with Gasteiger partial charge < -0.3 is 15.5 Å². The number of hydrogen-bond acceptors (Lipinski definition) is 4. The van der Waals surface area contributed by atoms with Gasteiger partial charge in [0.05, 0.1) is 29.7 Å². The van der Waals surface area contributed by atoms with Gasteiger partial charge in [-0.3, -0.25) is 19.4 Å². The molecule has 7 heteroatoms. The number of pyridine rings is 1. The van der Waals surface area contributed by atoms with Crippen molar-refractivity contribution in [3.05, 3.63) is 23.5 Å². The molecule has 3 rings (SSSR count). The van der Waals surface area contributed by atoms with E-state index in [2.05, 4.69) is 22.5 Å². The van der Waals surface area contributed by atoms with Crippen LogP contribution in [-0.2, 0) is 16.1 Å². The van der Waals surface area contributed by atoms with E-state index in [0.717, 1.165) is 12.8 Å². The van der Waals surface area contributed by atoms with E-state index in [1.807, 2.05) is 0 Å². The molecule has 1 aromatic rings. The Morgan fingerprint density at radius 3 is 3.05 bits per heavy atom. The molecule has 7 nitrogen and oxygen atoms in total. The van der Waals surface area contributed by atoms with Crippen LogP contribution in [0.2, 0.25) is 0 Å². The molecule has 1 aromatic heterocycles. The molecule has 1 atom stereocenters. The quantitative estimate of drug-likeness (QED) is 0.740. The van der Waals surface area contributed by atoms with E-state index < -0.39 is 11.8 Å². The number of amides is 3. The second-order valence-electron chi connectivity index (χ2n) is 5.85. The first kappa shape index (κ1) is 14.5. The van der Waals surface area contributed by atoms with Crippen LogP contribution >= 0.6 is 0 Å². The summed E-state index contributed by atoms with van der Waals surface area (Å²) in [5, 5.41) is 5.19. The van der Waals surface area contributed by atoms with Crippen molar-refractivity contribution in [1.29, 1.82) is 0 Å². The minimum Gasteiger partial charge on any atom is -0.346 e. The van der Waals surface area contributed by atoms with Crippen LogP contribution in [-0.4, -0.2) is 40.7 Å². The van der Waals surface area contributed by atoms with Crippen LogP contribution in [0.15, 0.2) is 12.3 Å². The highest BCUT2D eigenvalue weighted by molar-refractivity contribution is 6.39. The maximum Gasteiger partial charge on any atom is 0.313 e. The van der Waals surface area contributed by atoms with Gasteiger partial charge in [-0.15, -0.1) is 0 Å². The molecule has 22 heavy (non-hydrogen) atoms. The number of anilines is 1. The first-order valence-corrected chi connectivity index (χ1v) is 7.42. The predicted octanol–water partition coefficient (Wildman–Crippen LogP) is 0.522. The molecule has 116 valence electrons. The fourth-order valence-corrected chi connectivity index (χ4v) is 2.86. The average molecular weight is 302 g/mol. The third kappa shape index (κ3) is 2.79. The molecule has 2 aliphatic rings. The Hall–Kier alpha value is -2.44. The number of piperidine rings is 1. The zero-order valence-electron chi connectivity index (χ0n) is 12.4. The van der Waals surface area contributed by atoms with E-state index in [0.29, 0.717) is 42.5 Å². The smallest absolute Gasteiger partial charge is 0.313 e. The van der Waals surface area contributed by atoms with Gasteiger partial charge in [-0.1, -0.05) is 6.92 Å². The minimum absolute atomic E-state index is 0.213. The molecule has 0 radical (unpaired) electrons. The molecular formula is C15H18N4O3. The monoisotopic (exact) mass is 302 g/mol. The molecule has 0 bridgehead atoms. The van der Waals surface area contributed by atoms with Crippen LogP contribution in [0.25, 0.3) is 0 Å². The van der Waals surface area contributed by atoms with Crippen molar-refractivity contribution in [1.82, 2.24) is 15.2 Å². The molecular weight excluding hydrogens is 284 g/mol. The first-order valence-electron chi connectivity index (χ1n) is 7.42. The lowest BCUT2D eigenvalue weighted by Gasteiger charge is -2.30. The largest absolute Gasteiger partial charge is 0.346 e. The zero-order chi connectivity index (χ0) is 15.7. The number of fused-ring (bicyclic) bond motifs is 1. The third-order valence-electron chi connectivity index (χ3n) is 4.03. The van der Waals surface area contributed by atoms with Gasteiger partial charge in [0.1, 0.15) is 0 Å². The molecule has 1 unspecified atom stereocenters. The Labute approximate surface area is 128 Å². The highest BCUT2D eigenvalue weighted by Crippen LogP contribution is 2.18. The van der Waals surface area contributed by atoms with Gasteiger partial charge in [-0.05, 0) is 24.8 Å². The summed E-state index contributed by atoms with van der Waals surface area (Å²) < 4.78 is 0. The zero-order valence-corrected chi connectivity index (χ0v) is 12.4. The number of carbonyl (C=O) groups is 3. The van der Waals surface area contributed by atoms with Gasteiger partial charge in [0.25, 0.3) is 5.91 Å². The summed E-state index contributed by atoms with van der Waals surface area (Å²) in [6.45, 7) is 3.69. The lowest BCUT2D eigenvalue weighted by molar-refractivity contribution is -0.144. The molecule has 0 spiro atoms. The summed E-state index contributed by atoms with van der Waals surface area (Å²) in [7, 11) is 0. The van der Waals surface area contributed by atoms with E-state index >= 15 is 0 Å². The summed E-state index contributed by atoms with van der Waals surface area (Å²) in [5.41, 5.74) is 1.45. The fraction of sp³-hybridized carbons (Fsp3) is 0.467. The molecule has 3 heterocycles. The maximum absolute atomic E-state index is 12.2. The predicted molar refractivity (Wildman–Crippen MR) is 79.0 cm³/mol. The van der Waals surface area contributed by atoms with Crippen LogP contribution in [0.5, 0.6) is 0 Å². The Morgan fingerprint density at radius 2 is 2.27 bits per heavy atom. The number of rotatable bonds is 1. The number of carbonyl (C=O) groups excluding carboxylic acids is 3. The van der Waals surface area contributed by atoms with Crippen molar-refractivity contribution in [3.63, 3.8) is 0 Å². The normalized spacial score (nSPS) is 20.3. The Balaban J connectivity index is 1.68. The van der Waals surface area contributed by atoms with E-state index in [9.17, 15) is 14.4 Å². The second kappa shape index (κ2) is 5.75. The first-order chi connectivity index (χ1) is 10.5. The van der Waals surface area contributed by atoms with Crippen molar-refractivity contribution >= 4 is 23.4 Å². The van der Waals surface area contributed by atoms with E-state index in [-0.39, 0.29) is 5.91 Å². The van der Waals surface area contributed by atoms with Gasteiger partial charge in [-0.25, -0.2) is 0 Å². The van der Waals surface area contributed by atoms with Gasteiger partial charge in [0.2, 0.25) is 0 Å². The minimum atomic E-state index is -0.686. The van der Waals surface area contributed by atoms with Crippen molar-refractivity contribution in [2.45, 2.75) is 26.3 Å². The topological polar surface area (TPSA) is 91.4 Å². The van der Waals surface area contributed by atoms with Crippen molar-refractivity contribution in [2.24, 2.45) is 5.92 Å². The fourth-order valence-electron chi connectivity index (χ4n) is 2.86. The van der Waals surface area contributed by atoms with Gasteiger partial charge in [-0.2, -0.15) is 0 Å². The number of nitrogens with zero attached hydrogens (tertiary/aromatic N) is 2. The SMILES string of the molecule is CC1CCCN(C(=O)C(=O)Nc2cnc3c(c2)C(=O)NC3)C1. The molecule has 2 aliphatic heterocycles. The molecule has 0 saturated carbocycles. The maximum atomic E-state index is 12.2. The van der Waals surface area contributed by atoms with Crippen molar-refractivity contribution in [2.75, 3.05) is 18.4 Å². The van der Waals surface area contributed by atoms with Crippen LogP contribution in [0.1, 0.15) is 35.8 Å². The molecule has 0 aliphatic carbocycles. The highest BCUT2D eigenvalue weighted by Gasteiger charge is 2.27. The van der Waals surface area contributed by atoms with Crippen LogP contribution < -0.4 is 10.6 Å². The Kier molecular flexibility index (Phi) is 3.79. The summed E-state index contributed by atoms with van der Waals surface area (Å²) in [6.07, 6.45) is 3.46. The third-order valence-corrected chi connectivity index (χ3v) is 4.03. The molecule has 1 saturated heterocycles. The van der Waals surface area contributed by atoms with Crippen molar-refractivity contribution < 1.29 is 14.4 Å². The summed E-state index contributed by atoms with van der Waals surface area (Å²) in [5.74, 6) is -1.02. The summed E-state index contributed by atoms with van der Waals surface area (Å²) >= 11 is 0. The van der Waals surface area contributed by atoms with Crippen molar-refractivity contribution in [3.8, 4) is 0 Å². The van der Waals surface area contributed by atoms with Crippen LogP contribution in [0.4, 0.5) is 5.69 Å². The lowest BCUT2D eigenvalue weighted by atomic mass is 10.0. The molecule has 2 N–H and O–H groups in total. The van der Waals surface area contributed by atoms with Crippen LogP contribution in [0.3, 0.4) is 0 Å². The molecule has 1 fully saturated rings. The number of nitrogens with one attached hydrogen (secondary N) is 2. The number of likely N-dealkylation sites (tertiary alicyclic amines) is 1. The second-order valence-corrected chi connectivity index (χ2v) is 5.85. The Bertz CT molecular complexity index is 644. The number of hydrogen-bond donors (Lipinski definition) is 2.